The molecule has 3 rings (SSSR count). The van der Waals surface area contributed by atoms with E-state index >= 15 is 0 Å². The molecular formula is C18H20N2O3. The molecule has 0 aromatic heterocycles. The van der Waals surface area contributed by atoms with E-state index in [9.17, 15) is 15.1 Å². The van der Waals surface area contributed by atoms with Gasteiger partial charge in [0.25, 0.3) is 5.91 Å². The van der Waals surface area contributed by atoms with E-state index in [0.717, 1.165) is 18.5 Å². The number of rotatable bonds is 4. The maximum atomic E-state index is 12.5. The highest BCUT2D eigenvalue weighted by Gasteiger charge is 2.38. The second kappa shape index (κ2) is 6.30. The lowest BCUT2D eigenvalue weighted by Gasteiger charge is -2.42. The Hall–Kier alpha value is -2.53. The Morgan fingerprint density at radius 1 is 1.09 bits per heavy atom. The molecule has 5 heteroatoms. The summed E-state index contributed by atoms with van der Waals surface area (Å²) in [6.45, 7) is 2.77. The summed E-state index contributed by atoms with van der Waals surface area (Å²) in [4.78, 5) is 14.5. The lowest BCUT2D eigenvalue weighted by atomic mass is 10.0. The Morgan fingerprint density at radius 2 is 1.78 bits per heavy atom. The molecule has 1 aliphatic rings. The number of nitrogens with zero attached hydrogens (tertiary/aromatic N) is 2. The van der Waals surface area contributed by atoms with Gasteiger partial charge in [0.2, 0.25) is 0 Å². The van der Waals surface area contributed by atoms with E-state index in [0.29, 0.717) is 22.7 Å². The summed E-state index contributed by atoms with van der Waals surface area (Å²) in [6, 6.07) is 14.0. The van der Waals surface area contributed by atoms with E-state index in [1.165, 1.54) is 0 Å². The smallest absolute Gasteiger partial charge is 0.281 e. The van der Waals surface area contributed by atoms with Crippen molar-refractivity contribution in [2.24, 2.45) is 0 Å². The molecule has 0 aliphatic carbocycles. The third-order valence-corrected chi connectivity index (χ3v) is 4.15. The first-order chi connectivity index (χ1) is 11.1. The molecule has 1 amide bonds. The van der Waals surface area contributed by atoms with Crippen molar-refractivity contribution >= 4 is 11.6 Å². The molecule has 0 spiro atoms. The van der Waals surface area contributed by atoms with Crippen LogP contribution < -0.4 is 4.90 Å². The molecule has 2 N–H and O–H groups in total. The lowest BCUT2D eigenvalue weighted by molar-refractivity contribution is -0.0941. The Morgan fingerprint density at radius 3 is 2.52 bits per heavy atom. The van der Waals surface area contributed by atoms with Crippen LogP contribution in [0, 0.1) is 0 Å². The number of para-hydroxylation sites is 2. The Kier molecular flexibility index (Phi) is 4.21. The fourth-order valence-electron chi connectivity index (χ4n) is 2.98. The van der Waals surface area contributed by atoms with Crippen LogP contribution in [-0.4, -0.2) is 27.8 Å². The van der Waals surface area contributed by atoms with Crippen molar-refractivity contribution in [2.75, 3.05) is 11.4 Å². The number of hydroxylamine groups is 2. The molecule has 0 bridgehead atoms. The number of hydrogen-bond donors (Lipinski definition) is 2. The molecule has 0 saturated heterocycles. The first kappa shape index (κ1) is 15.4. The van der Waals surface area contributed by atoms with Crippen molar-refractivity contribution < 1.29 is 15.1 Å². The van der Waals surface area contributed by atoms with Crippen molar-refractivity contribution in [3.8, 4) is 5.75 Å². The SMILES string of the molecule is CCCCN1c2ccccc2C(=O)N(O)C1c1ccccc1O. The summed E-state index contributed by atoms with van der Waals surface area (Å²) in [5.41, 5.74) is 1.76. The first-order valence-electron chi connectivity index (χ1n) is 7.81. The Bertz CT molecular complexity index is 717. The predicted octanol–water partition coefficient (Wildman–Crippen LogP) is 3.54. The van der Waals surface area contributed by atoms with Crippen molar-refractivity contribution in [1.82, 2.24) is 5.06 Å². The van der Waals surface area contributed by atoms with E-state index in [4.69, 9.17) is 0 Å². The van der Waals surface area contributed by atoms with Gasteiger partial charge in [-0.15, -0.1) is 0 Å². The summed E-state index contributed by atoms with van der Waals surface area (Å²) >= 11 is 0. The number of fused-ring (bicyclic) bond motifs is 1. The summed E-state index contributed by atoms with van der Waals surface area (Å²) in [7, 11) is 0. The molecule has 0 radical (unpaired) electrons. The molecule has 120 valence electrons. The number of unbranched alkanes of at least 4 members (excludes halogenated alkanes) is 1. The molecule has 23 heavy (non-hydrogen) atoms. The minimum absolute atomic E-state index is 0.0604. The van der Waals surface area contributed by atoms with Gasteiger partial charge >= 0.3 is 0 Å². The van der Waals surface area contributed by atoms with Crippen LogP contribution in [0.4, 0.5) is 5.69 Å². The maximum absolute atomic E-state index is 12.5. The highest BCUT2D eigenvalue weighted by molar-refractivity contribution is 6.01. The number of carbonyl (C=O) groups excluding carboxylic acids is 1. The molecule has 1 unspecified atom stereocenters. The van der Waals surface area contributed by atoms with E-state index < -0.39 is 12.1 Å². The molecule has 2 aromatic rings. The van der Waals surface area contributed by atoms with E-state index in [-0.39, 0.29) is 5.75 Å². The number of phenolic OH excluding ortho intramolecular Hbond substituents is 1. The Balaban J connectivity index is 2.13. The number of aromatic hydroxyl groups is 1. The summed E-state index contributed by atoms with van der Waals surface area (Å²) in [5.74, 6) is -0.396. The second-order valence-electron chi connectivity index (χ2n) is 5.65. The van der Waals surface area contributed by atoms with Crippen molar-refractivity contribution in [3.63, 3.8) is 0 Å². The van der Waals surface area contributed by atoms with Gasteiger partial charge in [-0.1, -0.05) is 43.7 Å². The van der Waals surface area contributed by atoms with Crippen LogP contribution in [0.3, 0.4) is 0 Å². The maximum Gasteiger partial charge on any atom is 0.281 e. The molecule has 5 nitrogen and oxygen atoms in total. The largest absolute Gasteiger partial charge is 0.508 e. The fraction of sp³-hybridized carbons (Fsp3) is 0.278. The minimum atomic E-state index is -0.731. The molecule has 0 fully saturated rings. The predicted molar refractivity (Wildman–Crippen MR) is 87.5 cm³/mol. The molecular weight excluding hydrogens is 292 g/mol. The van der Waals surface area contributed by atoms with Gasteiger partial charge in [0.05, 0.1) is 11.3 Å². The monoisotopic (exact) mass is 312 g/mol. The van der Waals surface area contributed by atoms with Crippen molar-refractivity contribution in [3.05, 3.63) is 59.7 Å². The lowest BCUT2D eigenvalue weighted by Crippen LogP contribution is -2.48. The molecule has 0 saturated carbocycles. The highest BCUT2D eigenvalue weighted by Crippen LogP contribution is 2.40. The molecule has 1 atom stereocenters. The summed E-state index contributed by atoms with van der Waals surface area (Å²) in [5, 5.41) is 21.4. The minimum Gasteiger partial charge on any atom is -0.508 e. The van der Waals surface area contributed by atoms with Gasteiger partial charge in [-0.2, -0.15) is 5.06 Å². The number of anilines is 1. The van der Waals surface area contributed by atoms with E-state index in [1.54, 1.807) is 36.4 Å². The third-order valence-electron chi connectivity index (χ3n) is 4.15. The number of phenols is 1. The van der Waals surface area contributed by atoms with Gasteiger partial charge < -0.3 is 10.0 Å². The first-order valence-corrected chi connectivity index (χ1v) is 7.81. The van der Waals surface area contributed by atoms with E-state index in [1.807, 2.05) is 17.0 Å². The number of hydrogen-bond acceptors (Lipinski definition) is 4. The van der Waals surface area contributed by atoms with Gasteiger partial charge in [-0.25, -0.2) is 0 Å². The van der Waals surface area contributed by atoms with Crippen LogP contribution in [-0.2, 0) is 0 Å². The number of benzene rings is 2. The van der Waals surface area contributed by atoms with Crippen LogP contribution in [0.15, 0.2) is 48.5 Å². The quantitative estimate of drug-likeness (QED) is 0.848. The number of amides is 1. The van der Waals surface area contributed by atoms with Crippen molar-refractivity contribution in [2.45, 2.75) is 25.9 Å². The topological polar surface area (TPSA) is 64.0 Å². The zero-order valence-corrected chi connectivity index (χ0v) is 13.0. The van der Waals surface area contributed by atoms with Gasteiger partial charge in [0.15, 0.2) is 6.17 Å². The van der Waals surface area contributed by atoms with Gasteiger partial charge in [0.1, 0.15) is 5.75 Å². The van der Waals surface area contributed by atoms with Gasteiger partial charge in [-0.05, 0) is 24.6 Å². The molecule has 1 heterocycles. The standard InChI is InChI=1S/C18H20N2O3/c1-2-3-12-19-15-10-6-4-8-13(15)18(22)20(23)17(19)14-9-5-7-11-16(14)21/h4-11,17,21,23H,2-3,12H2,1H3. The van der Waals surface area contributed by atoms with Gasteiger partial charge in [0, 0.05) is 12.1 Å². The van der Waals surface area contributed by atoms with Crippen molar-refractivity contribution in [1.29, 1.82) is 0 Å². The average molecular weight is 312 g/mol. The second-order valence-corrected chi connectivity index (χ2v) is 5.65. The summed E-state index contributed by atoms with van der Waals surface area (Å²) in [6.07, 6.45) is 1.18. The van der Waals surface area contributed by atoms with Gasteiger partial charge in [-0.3, -0.25) is 10.0 Å². The number of carbonyl (C=O) groups is 1. The third kappa shape index (κ3) is 2.64. The highest BCUT2D eigenvalue weighted by atomic mass is 16.5. The normalized spacial score (nSPS) is 17.3. The zero-order valence-electron chi connectivity index (χ0n) is 13.0. The zero-order chi connectivity index (χ0) is 16.4. The molecule has 1 aliphatic heterocycles. The fourth-order valence-corrected chi connectivity index (χ4v) is 2.98. The van der Waals surface area contributed by atoms with E-state index in [2.05, 4.69) is 6.92 Å². The van der Waals surface area contributed by atoms with Crippen LogP contribution in [0.2, 0.25) is 0 Å². The summed E-state index contributed by atoms with van der Waals surface area (Å²) < 4.78 is 0. The Labute approximate surface area is 135 Å². The van der Waals surface area contributed by atoms with Crippen LogP contribution >= 0.6 is 0 Å². The molecule has 2 aromatic carbocycles. The van der Waals surface area contributed by atoms with Crippen LogP contribution in [0.1, 0.15) is 41.9 Å². The van der Waals surface area contributed by atoms with Crippen LogP contribution in [0.25, 0.3) is 0 Å². The average Bonchev–Trinajstić information content (AvgIpc) is 2.58. The van der Waals surface area contributed by atoms with Crippen LogP contribution in [0.5, 0.6) is 5.75 Å².